The molecule has 0 N–H and O–H groups in total. The highest BCUT2D eigenvalue weighted by Gasteiger charge is 2.60. The van der Waals surface area contributed by atoms with Gasteiger partial charge in [0, 0.05) is 5.41 Å². The van der Waals surface area contributed by atoms with Gasteiger partial charge in [-0.3, -0.25) is 0 Å². The molecule has 0 bridgehead atoms. The van der Waals surface area contributed by atoms with Gasteiger partial charge in [-0.1, -0.05) is 18.1 Å². The van der Waals surface area contributed by atoms with E-state index in [1.807, 2.05) is 0 Å². The Morgan fingerprint density at radius 3 is 2.00 bits per heavy atom. The van der Waals surface area contributed by atoms with Gasteiger partial charge in [-0.15, -0.1) is 0 Å². The summed E-state index contributed by atoms with van der Waals surface area (Å²) in [6.07, 6.45) is 1.42. The van der Waals surface area contributed by atoms with E-state index in [0.717, 1.165) is 0 Å². The van der Waals surface area contributed by atoms with E-state index >= 15 is 0 Å². The van der Waals surface area contributed by atoms with Crippen molar-refractivity contribution < 1.29 is 0 Å². The summed E-state index contributed by atoms with van der Waals surface area (Å²) in [6.45, 7) is 4.55. The molecule has 0 heteroatoms. The minimum Gasteiger partial charge on any atom is -0.0629 e. The summed E-state index contributed by atoms with van der Waals surface area (Å²) in [5, 5.41) is 0. The zero-order valence-corrected chi connectivity index (χ0v) is 4.21. The molecule has 0 aromatic carbocycles. The van der Waals surface area contributed by atoms with Crippen LogP contribution in [0.3, 0.4) is 0 Å². The zero-order valence-electron chi connectivity index (χ0n) is 4.21. The van der Waals surface area contributed by atoms with E-state index in [2.05, 4.69) is 13.8 Å². The first-order valence-corrected chi connectivity index (χ1v) is 2.46. The normalized spacial score (nSPS) is 49.0. The number of allylic oxidation sites excluding steroid dienone is 2. The average Bonchev–Trinajstić information content (AvgIpc) is 2.24. The van der Waals surface area contributed by atoms with Crippen LogP contribution in [0.2, 0.25) is 0 Å². The lowest BCUT2D eigenvalue weighted by molar-refractivity contribution is 0.793. The third kappa shape index (κ3) is 0.100. The maximum atomic E-state index is 2.32. The molecule has 1 unspecified atom stereocenters. The molecule has 32 valence electrons. The van der Waals surface area contributed by atoms with Crippen LogP contribution in [-0.4, -0.2) is 0 Å². The summed E-state index contributed by atoms with van der Waals surface area (Å²) in [5.74, 6) is 0. The van der Waals surface area contributed by atoms with Crippen LogP contribution in [-0.2, 0) is 0 Å². The average molecular weight is 80.1 g/mol. The van der Waals surface area contributed by atoms with Gasteiger partial charge in [0.05, 0.1) is 0 Å². The molecule has 0 spiro atoms. The first kappa shape index (κ1) is 2.84. The molecule has 0 saturated heterocycles. The van der Waals surface area contributed by atoms with Gasteiger partial charge in [-0.2, -0.15) is 0 Å². The van der Waals surface area contributed by atoms with Crippen molar-refractivity contribution in [1.82, 2.24) is 0 Å². The fourth-order valence-corrected chi connectivity index (χ4v) is 1.13. The molecule has 1 fully saturated rings. The summed E-state index contributed by atoms with van der Waals surface area (Å²) in [5.41, 5.74) is 4.12. The van der Waals surface area contributed by atoms with E-state index in [1.54, 1.807) is 11.1 Å². The van der Waals surface area contributed by atoms with Crippen LogP contribution in [0.5, 0.6) is 0 Å². The fourth-order valence-electron chi connectivity index (χ4n) is 1.13. The highest BCUT2D eigenvalue weighted by atomic mass is 14.6. The van der Waals surface area contributed by atoms with Gasteiger partial charge in [-0.25, -0.2) is 0 Å². The van der Waals surface area contributed by atoms with Crippen molar-refractivity contribution in [3.63, 3.8) is 0 Å². The lowest BCUT2D eigenvalue weighted by Gasteiger charge is -1.87. The SMILES string of the molecule is CC1=C2CC12C. The third-order valence-electron chi connectivity index (χ3n) is 2.29. The Kier molecular flexibility index (Phi) is 0.193. The van der Waals surface area contributed by atoms with Crippen LogP contribution in [0.4, 0.5) is 0 Å². The molecule has 6 heavy (non-hydrogen) atoms. The first-order chi connectivity index (χ1) is 2.75. The second kappa shape index (κ2) is 0.408. The van der Waals surface area contributed by atoms with Crippen molar-refractivity contribution in [2.75, 3.05) is 0 Å². The Balaban J connectivity index is 2.44. The molecular weight excluding hydrogens is 72.1 g/mol. The minimum absolute atomic E-state index is 0.708. The third-order valence-corrected chi connectivity index (χ3v) is 2.29. The van der Waals surface area contributed by atoms with Crippen LogP contribution in [0.25, 0.3) is 0 Å². The van der Waals surface area contributed by atoms with Crippen molar-refractivity contribution in [2.24, 2.45) is 5.41 Å². The van der Waals surface area contributed by atoms with Crippen LogP contribution in [0.1, 0.15) is 20.3 Å². The molecular formula is C6H8. The molecule has 1 saturated carbocycles. The quantitative estimate of drug-likeness (QED) is 0.389. The Morgan fingerprint density at radius 1 is 1.67 bits per heavy atom. The Labute approximate surface area is 37.9 Å². The topological polar surface area (TPSA) is 0 Å². The molecule has 0 radical (unpaired) electrons. The van der Waals surface area contributed by atoms with Crippen molar-refractivity contribution in [2.45, 2.75) is 20.3 Å². The predicted octanol–water partition coefficient (Wildman–Crippen LogP) is 1.73. The number of fused-ring (bicyclic) bond motifs is 1. The largest absolute Gasteiger partial charge is 0.0629 e. The molecule has 0 aromatic rings. The number of hydrogen-bond acceptors (Lipinski definition) is 0. The number of hydrogen-bond donors (Lipinski definition) is 0. The van der Waals surface area contributed by atoms with E-state index in [-0.39, 0.29) is 0 Å². The molecule has 0 aliphatic heterocycles. The van der Waals surface area contributed by atoms with Gasteiger partial charge in [0.25, 0.3) is 0 Å². The van der Waals surface area contributed by atoms with Crippen molar-refractivity contribution in [3.8, 4) is 0 Å². The van der Waals surface area contributed by atoms with Gasteiger partial charge in [0.15, 0.2) is 0 Å². The summed E-state index contributed by atoms with van der Waals surface area (Å²) >= 11 is 0. The summed E-state index contributed by atoms with van der Waals surface area (Å²) in [6, 6.07) is 0. The predicted molar refractivity (Wildman–Crippen MR) is 25.4 cm³/mol. The number of rotatable bonds is 0. The summed E-state index contributed by atoms with van der Waals surface area (Å²) in [4.78, 5) is 0. The zero-order chi connectivity index (χ0) is 4.36. The Hall–Kier alpha value is -0.260. The molecule has 0 nitrogen and oxygen atoms in total. The first-order valence-electron chi connectivity index (χ1n) is 2.46. The van der Waals surface area contributed by atoms with Crippen molar-refractivity contribution in [3.05, 3.63) is 11.1 Å². The maximum absolute atomic E-state index is 2.32. The summed E-state index contributed by atoms with van der Waals surface area (Å²) in [7, 11) is 0. The molecule has 2 aliphatic rings. The second-order valence-corrected chi connectivity index (χ2v) is 2.61. The lowest BCUT2D eigenvalue weighted by atomic mass is 10.2. The molecule has 0 heterocycles. The minimum atomic E-state index is 0.708. The van der Waals surface area contributed by atoms with Gasteiger partial charge in [0.1, 0.15) is 0 Å². The monoisotopic (exact) mass is 80.1 g/mol. The fraction of sp³-hybridized carbons (Fsp3) is 0.667. The smallest absolute Gasteiger partial charge is 0.0133 e. The van der Waals surface area contributed by atoms with Crippen LogP contribution in [0, 0.1) is 5.41 Å². The molecule has 2 aliphatic carbocycles. The second-order valence-electron chi connectivity index (χ2n) is 2.61. The maximum Gasteiger partial charge on any atom is 0.0133 e. The molecule has 0 amide bonds. The molecule has 0 aromatic heterocycles. The van der Waals surface area contributed by atoms with E-state index in [1.165, 1.54) is 6.42 Å². The lowest BCUT2D eigenvalue weighted by Crippen LogP contribution is -1.76. The van der Waals surface area contributed by atoms with E-state index in [0.29, 0.717) is 5.41 Å². The highest BCUT2D eigenvalue weighted by molar-refractivity contribution is 5.61. The van der Waals surface area contributed by atoms with E-state index < -0.39 is 0 Å². The molecule has 1 atom stereocenters. The van der Waals surface area contributed by atoms with Crippen LogP contribution < -0.4 is 0 Å². The standard InChI is InChI=1S/C6H8/c1-4-5-3-6(4,5)2/h3H2,1-2H3. The van der Waals surface area contributed by atoms with Crippen molar-refractivity contribution >= 4 is 0 Å². The molecule has 2 rings (SSSR count). The Morgan fingerprint density at radius 2 is 2.00 bits per heavy atom. The van der Waals surface area contributed by atoms with Crippen LogP contribution >= 0.6 is 0 Å². The van der Waals surface area contributed by atoms with Crippen LogP contribution in [0.15, 0.2) is 11.1 Å². The van der Waals surface area contributed by atoms with Gasteiger partial charge in [0.2, 0.25) is 0 Å². The highest BCUT2D eigenvalue weighted by Crippen LogP contribution is 2.73. The van der Waals surface area contributed by atoms with E-state index in [4.69, 9.17) is 0 Å². The van der Waals surface area contributed by atoms with Gasteiger partial charge in [-0.05, 0) is 13.3 Å². The summed E-state index contributed by atoms with van der Waals surface area (Å²) < 4.78 is 0. The van der Waals surface area contributed by atoms with Crippen molar-refractivity contribution in [1.29, 1.82) is 0 Å². The Bertz CT molecular complexity index is 134. The van der Waals surface area contributed by atoms with Gasteiger partial charge < -0.3 is 0 Å². The van der Waals surface area contributed by atoms with E-state index in [9.17, 15) is 0 Å². The van der Waals surface area contributed by atoms with Gasteiger partial charge >= 0.3 is 0 Å².